The molecular formula is C20H15NO6S2. The third-order valence-corrected chi connectivity index (χ3v) is 5.12. The highest BCUT2D eigenvalue weighted by Gasteiger charge is 2.31. The second kappa shape index (κ2) is 9.35. The molecule has 1 amide bonds. The summed E-state index contributed by atoms with van der Waals surface area (Å²) in [4.78, 5) is 36.6. The molecule has 1 aromatic carbocycles. The number of carbonyl (C=O) groups is 3. The molecule has 9 heteroatoms. The summed E-state index contributed by atoms with van der Waals surface area (Å²) in [5.74, 6) is -0.969. The van der Waals surface area contributed by atoms with Crippen LogP contribution >= 0.6 is 24.0 Å². The molecule has 0 unspecified atom stereocenters. The molecule has 0 atom stereocenters. The summed E-state index contributed by atoms with van der Waals surface area (Å²) >= 11 is 6.27. The Balaban J connectivity index is 1.61. The number of hydrogen-bond donors (Lipinski definition) is 1. The van der Waals surface area contributed by atoms with Gasteiger partial charge >= 0.3 is 11.9 Å². The Morgan fingerprint density at radius 3 is 2.66 bits per heavy atom. The largest absolute Gasteiger partial charge is 0.481 e. The van der Waals surface area contributed by atoms with Gasteiger partial charge in [-0.1, -0.05) is 36.1 Å². The minimum absolute atomic E-state index is 0.0394. The summed E-state index contributed by atoms with van der Waals surface area (Å²) in [5, 5.41) is 8.77. The third kappa shape index (κ3) is 5.66. The van der Waals surface area contributed by atoms with E-state index in [9.17, 15) is 14.4 Å². The normalized spacial score (nSPS) is 15.4. The lowest BCUT2D eigenvalue weighted by atomic mass is 10.2. The van der Waals surface area contributed by atoms with Crippen molar-refractivity contribution in [2.24, 2.45) is 0 Å². The van der Waals surface area contributed by atoms with E-state index in [1.54, 1.807) is 42.5 Å². The van der Waals surface area contributed by atoms with Gasteiger partial charge in [0.2, 0.25) is 0 Å². The van der Waals surface area contributed by atoms with Crippen molar-refractivity contribution in [3.05, 3.63) is 65.0 Å². The molecule has 2 heterocycles. The van der Waals surface area contributed by atoms with Crippen LogP contribution in [0.3, 0.4) is 0 Å². The van der Waals surface area contributed by atoms with Crippen LogP contribution in [0.25, 0.3) is 12.2 Å². The average molecular weight is 429 g/mol. The summed E-state index contributed by atoms with van der Waals surface area (Å²) in [6, 6.07) is 10.0. The number of benzene rings is 1. The van der Waals surface area contributed by atoms with Crippen LogP contribution < -0.4 is 4.74 Å². The van der Waals surface area contributed by atoms with Gasteiger partial charge in [-0.15, -0.1) is 0 Å². The summed E-state index contributed by atoms with van der Waals surface area (Å²) in [6.45, 7) is 0.0394. The first kappa shape index (κ1) is 20.6. The highest BCUT2D eigenvalue weighted by atomic mass is 32.2. The minimum atomic E-state index is -0.993. The fourth-order valence-corrected chi connectivity index (χ4v) is 3.68. The lowest BCUT2D eigenvalue weighted by molar-refractivity contribution is -0.137. The Kier molecular flexibility index (Phi) is 6.63. The minimum Gasteiger partial charge on any atom is -0.481 e. The number of aliphatic carboxylic acids is 1. The SMILES string of the molecule is O=C(O)CCN1C(=O)/C(=C\c2ccc(OC(=O)/C=C/c3ccco3)cc2)SC1=S. The molecule has 1 N–H and O–H groups in total. The van der Waals surface area contributed by atoms with Gasteiger partial charge < -0.3 is 14.3 Å². The average Bonchev–Trinajstić information content (AvgIpc) is 3.29. The third-order valence-electron chi connectivity index (χ3n) is 3.75. The molecule has 148 valence electrons. The molecule has 2 aromatic rings. The van der Waals surface area contributed by atoms with Crippen molar-refractivity contribution in [2.45, 2.75) is 6.42 Å². The smallest absolute Gasteiger partial charge is 0.336 e. The number of nitrogens with zero attached hydrogens (tertiary/aromatic N) is 1. The Morgan fingerprint density at radius 1 is 1.24 bits per heavy atom. The number of carboxylic acids is 1. The van der Waals surface area contributed by atoms with Gasteiger partial charge in [-0.25, -0.2) is 4.79 Å². The first-order chi connectivity index (χ1) is 13.9. The molecule has 1 saturated heterocycles. The number of ether oxygens (including phenoxy) is 1. The van der Waals surface area contributed by atoms with Gasteiger partial charge in [0.25, 0.3) is 5.91 Å². The van der Waals surface area contributed by atoms with E-state index in [0.29, 0.717) is 20.7 Å². The van der Waals surface area contributed by atoms with E-state index in [4.69, 9.17) is 26.5 Å². The van der Waals surface area contributed by atoms with Gasteiger partial charge in [-0.3, -0.25) is 14.5 Å². The maximum Gasteiger partial charge on any atom is 0.336 e. The summed E-state index contributed by atoms with van der Waals surface area (Å²) in [5.41, 5.74) is 0.717. The van der Waals surface area contributed by atoms with Crippen molar-refractivity contribution in [1.29, 1.82) is 0 Å². The van der Waals surface area contributed by atoms with Crippen LogP contribution in [0.1, 0.15) is 17.7 Å². The second-order valence-corrected chi connectivity index (χ2v) is 7.49. The molecule has 0 radical (unpaired) electrons. The van der Waals surface area contributed by atoms with E-state index < -0.39 is 11.9 Å². The van der Waals surface area contributed by atoms with Crippen LogP contribution in [0.4, 0.5) is 0 Å². The van der Waals surface area contributed by atoms with Crippen molar-refractivity contribution in [2.75, 3.05) is 6.54 Å². The Bertz CT molecular complexity index is 992. The van der Waals surface area contributed by atoms with Crippen molar-refractivity contribution >= 4 is 58.3 Å². The molecule has 3 rings (SSSR count). The van der Waals surface area contributed by atoms with Crippen LogP contribution in [-0.2, 0) is 14.4 Å². The van der Waals surface area contributed by atoms with Crippen molar-refractivity contribution in [3.8, 4) is 5.75 Å². The Labute approximate surface area is 175 Å². The lowest BCUT2D eigenvalue weighted by Gasteiger charge is -2.12. The topological polar surface area (TPSA) is 97.0 Å². The number of hydrogen-bond acceptors (Lipinski definition) is 7. The maximum atomic E-state index is 12.4. The molecule has 0 aliphatic carbocycles. The number of carbonyl (C=O) groups excluding carboxylic acids is 2. The Morgan fingerprint density at radius 2 is 2.00 bits per heavy atom. The van der Waals surface area contributed by atoms with Crippen LogP contribution in [0.5, 0.6) is 5.75 Å². The van der Waals surface area contributed by atoms with Crippen LogP contribution in [0, 0.1) is 0 Å². The van der Waals surface area contributed by atoms with Gasteiger partial charge in [0.15, 0.2) is 0 Å². The van der Waals surface area contributed by atoms with E-state index in [2.05, 4.69) is 0 Å². The van der Waals surface area contributed by atoms with E-state index in [0.717, 1.165) is 17.3 Å². The fraction of sp³-hybridized carbons (Fsp3) is 0.100. The molecule has 1 aliphatic heterocycles. The molecule has 7 nitrogen and oxygen atoms in total. The van der Waals surface area contributed by atoms with Gasteiger partial charge in [0.05, 0.1) is 17.6 Å². The van der Waals surface area contributed by atoms with Gasteiger partial charge in [-0.2, -0.15) is 0 Å². The number of thioether (sulfide) groups is 1. The molecule has 0 saturated carbocycles. The monoisotopic (exact) mass is 429 g/mol. The van der Waals surface area contributed by atoms with Crippen molar-refractivity contribution in [1.82, 2.24) is 4.90 Å². The van der Waals surface area contributed by atoms with Crippen LogP contribution in [-0.4, -0.2) is 38.7 Å². The number of thiocarbonyl (C=S) groups is 1. The highest BCUT2D eigenvalue weighted by Crippen LogP contribution is 2.32. The second-order valence-electron chi connectivity index (χ2n) is 5.82. The molecular weight excluding hydrogens is 414 g/mol. The zero-order valence-corrected chi connectivity index (χ0v) is 16.6. The standard InChI is InChI=1S/C20H15NO6S2/c22-17(23)9-10-21-19(25)16(29-20(21)28)12-13-3-5-15(6-4-13)27-18(24)8-7-14-2-1-11-26-14/h1-8,11-12H,9-10H2,(H,22,23)/b8-7+,16-12+. The van der Waals surface area contributed by atoms with Gasteiger partial charge in [-0.05, 0) is 42.0 Å². The molecule has 1 aromatic heterocycles. The fourth-order valence-electron chi connectivity index (χ4n) is 2.37. The quantitative estimate of drug-likeness (QED) is 0.309. The maximum absolute atomic E-state index is 12.4. The predicted octanol–water partition coefficient (Wildman–Crippen LogP) is 3.57. The summed E-state index contributed by atoms with van der Waals surface area (Å²) in [6.07, 6.45) is 5.75. The Hall–Kier alpha value is -3.17. The number of esters is 1. The number of carboxylic acid groups (broad SMARTS) is 1. The summed E-state index contributed by atoms with van der Waals surface area (Å²) < 4.78 is 10.6. The van der Waals surface area contributed by atoms with Gasteiger partial charge in [0, 0.05) is 12.6 Å². The van der Waals surface area contributed by atoms with E-state index in [1.807, 2.05) is 0 Å². The van der Waals surface area contributed by atoms with E-state index >= 15 is 0 Å². The first-order valence-corrected chi connectivity index (χ1v) is 9.65. The molecule has 0 bridgehead atoms. The van der Waals surface area contributed by atoms with E-state index in [1.165, 1.54) is 23.3 Å². The predicted molar refractivity (Wildman–Crippen MR) is 112 cm³/mol. The highest BCUT2D eigenvalue weighted by molar-refractivity contribution is 8.26. The molecule has 0 spiro atoms. The van der Waals surface area contributed by atoms with Crippen molar-refractivity contribution in [3.63, 3.8) is 0 Å². The number of rotatable bonds is 7. The van der Waals surface area contributed by atoms with E-state index in [-0.39, 0.29) is 18.9 Å². The molecule has 29 heavy (non-hydrogen) atoms. The van der Waals surface area contributed by atoms with Crippen molar-refractivity contribution < 1.29 is 28.6 Å². The number of furan rings is 1. The molecule has 1 fully saturated rings. The summed E-state index contributed by atoms with van der Waals surface area (Å²) in [7, 11) is 0. The number of amides is 1. The first-order valence-electron chi connectivity index (χ1n) is 8.43. The van der Waals surface area contributed by atoms with Crippen LogP contribution in [0.15, 0.2) is 58.1 Å². The molecule has 1 aliphatic rings. The zero-order chi connectivity index (χ0) is 20.8. The van der Waals surface area contributed by atoms with Gasteiger partial charge in [0.1, 0.15) is 15.8 Å². The zero-order valence-electron chi connectivity index (χ0n) is 14.9. The van der Waals surface area contributed by atoms with Crippen LogP contribution in [0.2, 0.25) is 0 Å². The lowest BCUT2D eigenvalue weighted by Crippen LogP contribution is -2.30.